The summed E-state index contributed by atoms with van der Waals surface area (Å²) in [4.78, 5) is 1.44. The Labute approximate surface area is 113 Å². The Morgan fingerprint density at radius 3 is 2.76 bits per heavy atom. The number of thiophene rings is 1. The summed E-state index contributed by atoms with van der Waals surface area (Å²) in [5.41, 5.74) is 0. The average Bonchev–Trinajstić information content (AvgIpc) is 2.67. The van der Waals surface area contributed by atoms with Crippen LogP contribution in [0.15, 0.2) is 12.1 Å². The van der Waals surface area contributed by atoms with Crippen molar-refractivity contribution in [3.05, 3.63) is 21.3 Å². The third-order valence-corrected chi connectivity index (χ3v) is 5.71. The molecule has 17 heavy (non-hydrogen) atoms. The summed E-state index contributed by atoms with van der Waals surface area (Å²) in [7, 11) is 0. The number of rotatable bonds is 5. The normalized spacial score (nSPS) is 32.5. The zero-order valence-corrected chi connectivity index (χ0v) is 11.9. The molecule has 1 nitrogen and oxygen atoms in total. The van der Waals surface area contributed by atoms with E-state index in [1.165, 1.54) is 30.6 Å². The number of halogens is 1. The van der Waals surface area contributed by atoms with Crippen LogP contribution in [0.25, 0.3) is 0 Å². The summed E-state index contributed by atoms with van der Waals surface area (Å²) < 4.78 is 0.922. The van der Waals surface area contributed by atoms with Crippen LogP contribution in [0.5, 0.6) is 0 Å². The highest BCUT2D eigenvalue weighted by atomic mass is 35.5. The lowest BCUT2D eigenvalue weighted by Gasteiger charge is -2.19. The molecule has 2 saturated carbocycles. The van der Waals surface area contributed by atoms with Crippen molar-refractivity contribution in [3.8, 4) is 0 Å². The fourth-order valence-corrected chi connectivity index (χ4v) is 4.90. The molecule has 1 aromatic heterocycles. The molecule has 0 aromatic carbocycles. The first-order valence-corrected chi connectivity index (χ1v) is 7.96. The van der Waals surface area contributed by atoms with E-state index in [1.54, 1.807) is 11.3 Å². The van der Waals surface area contributed by atoms with Crippen molar-refractivity contribution >= 4 is 22.9 Å². The molecule has 0 saturated heterocycles. The van der Waals surface area contributed by atoms with Gasteiger partial charge in [-0.25, -0.2) is 0 Å². The second kappa shape index (κ2) is 4.91. The van der Waals surface area contributed by atoms with Crippen molar-refractivity contribution in [2.24, 2.45) is 17.8 Å². The molecule has 3 atom stereocenters. The quantitative estimate of drug-likeness (QED) is 0.853. The van der Waals surface area contributed by atoms with E-state index < -0.39 is 0 Å². The van der Waals surface area contributed by atoms with Gasteiger partial charge in [-0.2, -0.15) is 0 Å². The van der Waals surface area contributed by atoms with Gasteiger partial charge in [-0.1, -0.05) is 24.9 Å². The molecule has 1 N–H and O–H groups in total. The van der Waals surface area contributed by atoms with Crippen LogP contribution in [0, 0.1) is 17.8 Å². The van der Waals surface area contributed by atoms with E-state index >= 15 is 0 Å². The zero-order valence-electron chi connectivity index (χ0n) is 10.3. The topological polar surface area (TPSA) is 12.0 Å². The Hall–Kier alpha value is -0.0500. The predicted molar refractivity (Wildman–Crippen MR) is 74.8 cm³/mol. The molecule has 0 aliphatic heterocycles. The van der Waals surface area contributed by atoms with E-state index in [0.29, 0.717) is 6.04 Å². The summed E-state index contributed by atoms with van der Waals surface area (Å²) in [5.74, 6) is 3.02. The molecule has 1 heterocycles. The molecule has 2 aliphatic carbocycles. The van der Waals surface area contributed by atoms with E-state index in [1.807, 2.05) is 6.07 Å². The Bertz CT molecular complexity index is 379. The zero-order chi connectivity index (χ0) is 11.8. The molecule has 3 unspecified atom stereocenters. The smallest absolute Gasteiger partial charge is 0.0931 e. The monoisotopic (exact) mass is 269 g/mol. The van der Waals surface area contributed by atoms with E-state index in [-0.39, 0.29) is 0 Å². The maximum atomic E-state index is 6.01. The van der Waals surface area contributed by atoms with E-state index in [2.05, 4.69) is 18.3 Å². The summed E-state index contributed by atoms with van der Waals surface area (Å²) in [6.45, 7) is 3.30. The van der Waals surface area contributed by atoms with Crippen molar-refractivity contribution in [1.82, 2.24) is 5.32 Å². The van der Waals surface area contributed by atoms with Crippen molar-refractivity contribution in [3.63, 3.8) is 0 Å². The standard InChI is InChI=1S/C14H20ClNS/c1-2-16-12(8-9-6-7-13(15)17-9)14-10-4-3-5-11(10)14/h6-7,10-12,14,16H,2-5,8H2,1H3. The van der Waals surface area contributed by atoms with Gasteiger partial charge in [0.15, 0.2) is 0 Å². The number of hydrogen-bond acceptors (Lipinski definition) is 2. The molecule has 0 amide bonds. The molecule has 2 fully saturated rings. The van der Waals surface area contributed by atoms with E-state index in [9.17, 15) is 0 Å². The number of hydrogen-bond donors (Lipinski definition) is 1. The van der Waals surface area contributed by atoms with Crippen molar-refractivity contribution in [2.75, 3.05) is 6.54 Å². The molecule has 1 aromatic rings. The summed E-state index contributed by atoms with van der Waals surface area (Å²) in [6.07, 6.45) is 5.59. The third-order valence-electron chi connectivity index (χ3n) is 4.45. The fraction of sp³-hybridized carbons (Fsp3) is 0.714. The Morgan fingerprint density at radius 2 is 2.18 bits per heavy atom. The van der Waals surface area contributed by atoms with Gasteiger partial charge < -0.3 is 5.32 Å². The third kappa shape index (κ3) is 2.40. The second-order valence-electron chi connectivity index (χ2n) is 5.41. The first-order chi connectivity index (χ1) is 8.29. The van der Waals surface area contributed by atoms with Gasteiger partial charge in [-0.05, 0) is 55.7 Å². The average molecular weight is 270 g/mol. The SMILES string of the molecule is CCNC(Cc1ccc(Cl)s1)C1C2CCCC21. The molecule has 0 radical (unpaired) electrons. The number of likely N-dealkylation sites (N-methyl/N-ethyl adjacent to an activating group) is 1. The second-order valence-corrected chi connectivity index (χ2v) is 7.21. The predicted octanol–water partition coefficient (Wildman–Crippen LogP) is 3.97. The van der Waals surface area contributed by atoms with E-state index in [4.69, 9.17) is 11.6 Å². The maximum absolute atomic E-state index is 6.01. The van der Waals surface area contributed by atoms with Gasteiger partial charge in [0.2, 0.25) is 0 Å². The summed E-state index contributed by atoms with van der Waals surface area (Å²) in [6, 6.07) is 4.90. The van der Waals surface area contributed by atoms with Gasteiger partial charge >= 0.3 is 0 Å². The van der Waals surface area contributed by atoms with Crippen LogP contribution in [0.1, 0.15) is 31.1 Å². The van der Waals surface area contributed by atoms with Crippen LogP contribution in [-0.2, 0) is 6.42 Å². The van der Waals surface area contributed by atoms with Crippen LogP contribution in [0.3, 0.4) is 0 Å². The number of fused-ring (bicyclic) bond motifs is 1. The lowest BCUT2D eigenvalue weighted by molar-refractivity contribution is 0.412. The van der Waals surface area contributed by atoms with Crippen LogP contribution >= 0.6 is 22.9 Å². The highest BCUT2D eigenvalue weighted by Crippen LogP contribution is 2.59. The molecule has 0 spiro atoms. The van der Waals surface area contributed by atoms with Crippen molar-refractivity contribution < 1.29 is 0 Å². The van der Waals surface area contributed by atoms with Crippen LogP contribution < -0.4 is 5.32 Å². The minimum atomic E-state index is 0.685. The summed E-state index contributed by atoms with van der Waals surface area (Å²) in [5, 5.41) is 3.69. The van der Waals surface area contributed by atoms with Gasteiger partial charge in [0.1, 0.15) is 0 Å². The Kier molecular flexibility index (Phi) is 3.47. The van der Waals surface area contributed by atoms with Crippen molar-refractivity contribution in [1.29, 1.82) is 0 Å². The minimum absolute atomic E-state index is 0.685. The molecule has 94 valence electrons. The maximum Gasteiger partial charge on any atom is 0.0931 e. The van der Waals surface area contributed by atoms with Crippen LogP contribution in [-0.4, -0.2) is 12.6 Å². The van der Waals surface area contributed by atoms with E-state index in [0.717, 1.165) is 28.6 Å². The first-order valence-electron chi connectivity index (χ1n) is 6.77. The Morgan fingerprint density at radius 1 is 1.41 bits per heavy atom. The lowest BCUT2D eigenvalue weighted by atomic mass is 10.0. The van der Waals surface area contributed by atoms with Gasteiger partial charge in [0.05, 0.1) is 4.34 Å². The van der Waals surface area contributed by atoms with Crippen LogP contribution in [0.2, 0.25) is 4.34 Å². The van der Waals surface area contributed by atoms with Crippen LogP contribution in [0.4, 0.5) is 0 Å². The van der Waals surface area contributed by atoms with Crippen molar-refractivity contribution in [2.45, 2.75) is 38.6 Å². The first kappa shape index (κ1) is 12.0. The van der Waals surface area contributed by atoms with Gasteiger partial charge in [0, 0.05) is 10.9 Å². The largest absolute Gasteiger partial charge is 0.314 e. The molecular formula is C14H20ClNS. The molecule has 0 bridgehead atoms. The van der Waals surface area contributed by atoms with Gasteiger partial charge in [-0.15, -0.1) is 11.3 Å². The molecular weight excluding hydrogens is 250 g/mol. The summed E-state index contributed by atoms with van der Waals surface area (Å²) >= 11 is 7.75. The fourth-order valence-electron chi connectivity index (χ4n) is 3.76. The Balaban J connectivity index is 1.64. The lowest BCUT2D eigenvalue weighted by Crippen LogP contribution is -2.34. The highest BCUT2D eigenvalue weighted by Gasteiger charge is 2.55. The highest BCUT2D eigenvalue weighted by molar-refractivity contribution is 7.16. The minimum Gasteiger partial charge on any atom is -0.314 e. The van der Waals surface area contributed by atoms with Gasteiger partial charge in [-0.3, -0.25) is 0 Å². The molecule has 3 heteroatoms. The molecule has 2 aliphatic rings. The van der Waals surface area contributed by atoms with Gasteiger partial charge in [0.25, 0.3) is 0 Å². The number of nitrogens with one attached hydrogen (secondary N) is 1. The molecule has 3 rings (SSSR count).